The van der Waals surface area contributed by atoms with Gasteiger partial charge in [-0.05, 0) is 23.8 Å². The third-order valence-corrected chi connectivity index (χ3v) is 1.89. The first kappa shape index (κ1) is 12.8. The van der Waals surface area contributed by atoms with E-state index in [4.69, 9.17) is 10.4 Å². The predicted octanol–water partition coefficient (Wildman–Crippen LogP) is 2.67. The van der Waals surface area contributed by atoms with Gasteiger partial charge in [0.15, 0.2) is 0 Å². The lowest BCUT2D eigenvalue weighted by Gasteiger charge is -2.10. The lowest BCUT2D eigenvalue weighted by molar-refractivity contribution is -0.138. The Morgan fingerprint density at radius 1 is 1.41 bits per heavy atom. The van der Waals surface area contributed by atoms with Crippen molar-refractivity contribution in [2.75, 3.05) is 0 Å². The minimum Gasteiger partial charge on any atom is -0.478 e. The zero-order valence-corrected chi connectivity index (χ0v) is 8.32. The molecule has 0 heterocycles. The largest absolute Gasteiger partial charge is 0.478 e. The fourth-order valence-electron chi connectivity index (χ4n) is 1.18. The summed E-state index contributed by atoms with van der Waals surface area (Å²) in [5, 5.41) is 16.9. The maximum atomic E-state index is 12.6. The number of alkyl halides is 3. The third-order valence-electron chi connectivity index (χ3n) is 1.89. The number of hydrogen-bond donors (Lipinski definition) is 1. The predicted molar refractivity (Wildman–Crippen MR) is 52.8 cm³/mol. The highest BCUT2D eigenvalue weighted by Crippen LogP contribution is 2.33. The highest BCUT2D eigenvalue weighted by molar-refractivity contribution is 5.85. The summed E-state index contributed by atoms with van der Waals surface area (Å²) < 4.78 is 37.8. The molecular formula is C11H6F3NO2. The Morgan fingerprint density at radius 2 is 2.06 bits per heavy atom. The van der Waals surface area contributed by atoms with Gasteiger partial charge in [0, 0.05) is 6.08 Å². The number of hydrogen-bond acceptors (Lipinski definition) is 2. The molecule has 0 unspecified atom stereocenters. The second-order valence-corrected chi connectivity index (χ2v) is 3.08. The zero-order chi connectivity index (χ0) is 13.1. The summed E-state index contributed by atoms with van der Waals surface area (Å²) in [4.78, 5) is 10.2. The number of aliphatic carboxylic acids is 1. The molecule has 0 aliphatic rings. The summed E-state index contributed by atoms with van der Waals surface area (Å²) in [6, 6.07) is 4.52. The van der Waals surface area contributed by atoms with Gasteiger partial charge in [-0.1, -0.05) is 6.07 Å². The van der Waals surface area contributed by atoms with Crippen LogP contribution in [0.3, 0.4) is 0 Å². The van der Waals surface area contributed by atoms with E-state index in [9.17, 15) is 18.0 Å². The molecule has 0 fully saturated rings. The summed E-state index contributed by atoms with van der Waals surface area (Å²) in [7, 11) is 0. The number of rotatable bonds is 2. The van der Waals surface area contributed by atoms with Gasteiger partial charge in [-0.3, -0.25) is 0 Å². The average Bonchev–Trinajstić information content (AvgIpc) is 2.24. The molecule has 6 heteroatoms. The van der Waals surface area contributed by atoms with Crippen LogP contribution in [0.5, 0.6) is 0 Å². The molecule has 88 valence electrons. The number of carboxylic acids is 1. The molecule has 0 radical (unpaired) electrons. The molecular weight excluding hydrogens is 235 g/mol. The van der Waals surface area contributed by atoms with E-state index in [-0.39, 0.29) is 11.1 Å². The molecule has 0 amide bonds. The Hall–Kier alpha value is -2.29. The van der Waals surface area contributed by atoms with Crippen LogP contribution in [0.1, 0.15) is 16.7 Å². The molecule has 0 saturated carbocycles. The fourth-order valence-corrected chi connectivity index (χ4v) is 1.18. The van der Waals surface area contributed by atoms with Gasteiger partial charge in [-0.15, -0.1) is 0 Å². The number of halogens is 3. The van der Waals surface area contributed by atoms with Crippen molar-refractivity contribution >= 4 is 12.0 Å². The van der Waals surface area contributed by atoms with Crippen molar-refractivity contribution in [2.24, 2.45) is 0 Å². The van der Waals surface area contributed by atoms with Crippen LogP contribution in [0.4, 0.5) is 13.2 Å². The third kappa shape index (κ3) is 3.34. The van der Waals surface area contributed by atoms with Crippen LogP contribution in [-0.4, -0.2) is 11.1 Å². The average molecular weight is 241 g/mol. The van der Waals surface area contributed by atoms with Gasteiger partial charge in [0.25, 0.3) is 0 Å². The summed E-state index contributed by atoms with van der Waals surface area (Å²) >= 11 is 0. The van der Waals surface area contributed by atoms with Gasteiger partial charge in [0.05, 0.1) is 17.2 Å². The van der Waals surface area contributed by atoms with Crippen molar-refractivity contribution in [3.05, 3.63) is 41.0 Å². The molecule has 17 heavy (non-hydrogen) atoms. The van der Waals surface area contributed by atoms with Gasteiger partial charge in [-0.25, -0.2) is 4.79 Å². The Balaban J connectivity index is 3.31. The Morgan fingerprint density at radius 3 is 2.53 bits per heavy atom. The molecule has 0 aromatic heterocycles. The summed E-state index contributed by atoms with van der Waals surface area (Å²) in [6.45, 7) is 0. The quantitative estimate of drug-likeness (QED) is 0.809. The molecule has 0 aliphatic carbocycles. The van der Waals surface area contributed by atoms with Crippen molar-refractivity contribution in [3.63, 3.8) is 0 Å². The number of carbonyl (C=O) groups is 1. The molecule has 0 aliphatic heterocycles. The van der Waals surface area contributed by atoms with Crippen molar-refractivity contribution in [1.29, 1.82) is 5.26 Å². The van der Waals surface area contributed by atoms with E-state index in [0.29, 0.717) is 12.1 Å². The molecule has 1 aromatic carbocycles. The number of carboxylic acid groups (broad SMARTS) is 1. The van der Waals surface area contributed by atoms with Crippen LogP contribution in [0.2, 0.25) is 0 Å². The highest BCUT2D eigenvalue weighted by atomic mass is 19.4. The van der Waals surface area contributed by atoms with E-state index >= 15 is 0 Å². The summed E-state index contributed by atoms with van der Waals surface area (Å²) in [5.74, 6) is -1.34. The van der Waals surface area contributed by atoms with Gasteiger partial charge >= 0.3 is 12.1 Å². The number of benzene rings is 1. The Labute approximate surface area is 94.4 Å². The van der Waals surface area contributed by atoms with Crippen LogP contribution < -0.4 is 0 Å². The first-order valence-corrected chi connectivity index (χ1v) is 4.37. The van der Waals surface area contributed by atoms with Crippen LogP contribution in [0.25, 0.3) is 6.08 Å². The van der Waals surface area contributed by atoms with Crippen molar-refractivity contribution < 1.29 is 23.1 Å². The summed E-state index contributed by atoms with van der Waals surface area (Å²) in [5.41, 5.74) is -1.46. The van der Waals surface area contributed by atoms with E-state index in [1.165, 1.54) is 6.07 Å². The monoisotopic (exact) mass is 241 g/mol. The molecule has 1 aromatic rings. The second-order valence-electron chi connectivity index (χ2n) is 3.08. The standard InChI is InChI=1S/C11H6F3NO2/c12-11(13,14)9-5-7(6-15)1-2-8(9)3-4-10(16)17/h1-5H,(H,16,17). The minimum absolute atomic E-state index is 0.134. The van der Waals surface area contributed by atoms with E-state index in [2.05, 4.69) is 0 Å². The van der Waals surface area contributed by atoms with Gasteiger partial charge in [-0.2, -0.15) is 18.4 Å². The molecule has 0 saturated heterocycles. The van der Waals surface area contributed by atoms with Crippen LogP contribution >= 0.6 is 0 Å². The maximum Gasteiger partial charge on any atom is 0.417 e. The minimum atomic E-state index is -4.63. The molecule has 0 spiro atoms. The molecule has 0 atom stereocenters. The zero-order valence-electron chi connectivity index (χ0n) is 8.32. The van der Waals surface area contributed by atoms with Gasteiger partial charge in [0.2, 0.25) is 0 Å². The van der Waals surface area contributed by atoms with Crippen LogP contribution in [0.15, 0.2) is 24.3 Å². The number of nitrogens with zero attached hydrogens (tertiary/aromatic N) is 1. The normalized spacial score (nSPS) is 11.4. The molecule has 1 rings (SSSR count). The van der Waals surface area contributed by atoms with Gasteiger partial charge < -0.3 is 5.11 Å². The lowest BCUT2D eigenvalue weighted by Crippen LogP contribution is -2.08. The number of nitriles is 1. The maximum absolute atomic E-state index is 12.6. The molecule has 0 bridgehead atoms. The summed E-state index contributed by atoms with van der Waals surface area (Å²) in [6.07, 6.45) is -3.19. The van der Waals surface area contributed by atoms with E-state index in [0.717, 1.165) is 12.1 Å². The highest BCUT2D eigenvalue weighted by Gasteiger charge is 2.33. The van der Waals surface area contributed by atoms with Crippen molar-refractivity contribution in [3.8, 4) is 6.07 Å². The topological polar surface area (TPSA) is 61.1 Å². The van der Waals surface area contributed by atoms with Gasteiger partial charge in [0.1, 0.15) is 0 Å². The second kappa shape index (κ2) is 4.70. The first-order chi connectivity index (χ1) is 7.84. The SMILES string of the molecule is N#Cc1ccc(C=CC(=O)O)c(C(F)(F)F)c1. The van der Waals surface area contributed by atoms with E-state index in [1.54, 1.807) is 6.07 Å². The van der Waals surface area contributed by atoms with Crippen LogP contribution in [-0.2, 0) is 11.0 Å². The first-order valence-electron chi connectivity index (χ1n) is 4.37. The smallest absolute Gasteiger partial charge is 0.417 e. The van der Waals surface area contributed by atoms with E-state index in [1.807, 2.05) is 0 Å². The Bertz CT molecular complexity index is 512. The van der Waals surface area contributed by atoms with Crippen molar-refractivity contribution in [2.45, 2.75) is 6.18 Å². The molecule has 3 nitrogen and oxygen atoms in total. The molecule has 1 N–H and O–H groups in total. The van der Waals surface area contributed by atoms with Crippen molar-refractivity contribution in [1.82, 2.24) is 0 Å². The van der Waals surface area contributed by atoms with Crippen LogP contribution in [0, 0.1) is 11.3 Å². The fraction of sp³-hybridized carbons (Fsp3) is 0.0909. The van der Waals surface area contributed by atoms with E-state index < -0.39 is 17.7 Å². The lowest BCUT2D eigenvalue weighted by atomic mass is 10.0. The Kier molecular flexibility index (Phi) is 3.53.